The molecule has 2 saturated heterocycles. The Morgan fingerprint density at radius 1 is 0.879 bits per heavy atom. The molecule has 4 rings (SSSR count). The van der Waals surface area contributed by atoms with Crippen molar-refractivity contribution in [1.29, 1.82) is 0 Å². The van der Waals surface area contributed by atoms with Gasteiger partial charge in [-0.3, -0.25) is 9.69 Å². The third kappa shape index (κ3) is 7.22. The molecule has 178 valence electrons. The Bertz CT molecular complexity index is 865. The van der Waals surface area contributed by atoms with Gasteiger partial charge in [-0.15, -0.1) is 23.5 Å². The summed E-state index contributed by atoms with van der Waals surface area (Å²) < 4.78 is 17.3. The summed E-state index contributed by atoms with van der Waals surface area (Å²) in [5.74, 6) is 4.92. The molecule has 0 saturated carbocycles. The fourth-order valence-corrected chi connectivity index (χ4v) is 6.72. The lowest BCUT2D eigenvalue weighted by Gasteiger charge is -2.34. The third-order valence-electron chi connectivity index (χ3n) is 5.80. The van der Waals surface area contributed by atoms with Gasteiger partial charge < -0.3 is 19.1 Å². The number of benzene rings is 2. The first kappa shape index (κ1) is 24.1. The molecule has 0 spiro atoms. The van der Waals surface area contributed by atoms with Gasteiger partial charge in [0.05, 0.1) is 11.7 Å². The molecular formula is C25H32N2O4S2. The first-order valence-corrected chi connectivity index (χ1v) is 13.5. The Balaban J connectivity index is 1.13. The molecule has 0 unspecified atom stereocenters. The summed E-state index contributed by atoms with van der Waals surface area (Å²) in [5, 5.41) is 0. The summed E-state index contributed by atoms with van der Waals surface area (Å²) >= 11 is 4.02. The van der Waals surface area contributed by atoms with Crippen LogP contribution in [0.2, 0.25) is 0 Å². The highest BCUT2D eigenvalue weighted by Crippen LogP contribution is 2.43. The molecule has 0 atom stereocenters. The molecule has 0 aromatic heterocycles. The van der Waals surface area contributed by atoms with E-state index in [2.05, 4.69) is 17.0 Å². The van der Waals surface area contributed by atoms with E-state index in [9.17, 15) is 4.79 Å². The van der Waals surface area contributed by atoms with Gasteiger partial charge in [-0.1, -0.05) is 12.1 Å². The largest absolute Gasteiger partial charge is 0.497 e. The van der Waals surface area contributed by atoms with E-state index in [1.54, 1.807) is 7.11 Å². The van der Waals surface area contributed by atoms with Crippen molar-refractivity contribution >= 4 is 29.4 Å². The van der Waals surface area contributed by atoms with E-state index in [0.29, 0.717) is 11.2 Å². The molecule has 2 aliphatic rings. The Morgan fingerprint density at radius 2 is 1.48 bits per heavy atom. The Labute approximate surface area is 204 Å². The second kappa shape index (κ2) is 12.4. The summed E-state index contributed by atoms with van der Waals surface area (Å²) in [7, 11) is 1.65. The maximum Gasteiger partial charge on any atom is 0.260 e. The van der Waals surface area contributed by atoms with E-state index in [-0.39, 0.29) is 12.5 Å². The minimum atomic E-state index is 0.0478. The fourth-order valence-electron chi connectivity index (χ4n) is 3.82. The van der Waals surface area contributed by atoms with E-state index in [1.807, 2.05) is 64.8 Å². The van der Waals surface area contributed by atoms with Crippen LogP contribution in [0, 0.1) is 0 Å². The van der Waals surface area contributed by atoms with Crippen molar-refractivity contribution in [3.63, 3.8) is 0 Å². The van der Waals surface area contributed by atoms with Crippen molar-refractivity contribution in [2.45, 2.75) is 11.0 Å². The van der Waals surface area contributed by atoms with Gasteiger partial charge in [0.1, 0.15) is 23.9 Å². The fraction of sp³-hybridized carbons (Fsp3) is 0.480. The molecule has 6 nitrogen and oxygen atoms in total. The summed E-state index contributed by atoms with van der Waals surface area (Å²) in [6.07, 6.45) is 1.29. The molecule has 8 heteroatoms. The van der Waals surface area contributed by atoms with Crippen LogP contribution >= 0.6 is 23.5 Å². The molecule has 33 heavy (non-hydrogen) atoms. The smallest absolute Gasteiger partial charge is 0.260 e. The van der Waals surface area contributed by atoms with Crippen LogP contribution < -0.4 is 14.2 Å². The number of carbonyl (C=O) groups excluding carboxylic acids is 1. The summed E-state index contributed by atoms with van der Waals surface area (Å²) in [6, 6.07) is 15.8. The topological polar surface area (TPSA) is 51.2 Å². The van der Waals surface area contributed by atoms with Crippen molar-refractivity contribution in [2.24, 2.45) is 0 Å². The van der Waals surface area contributed by atoms with E-state index in [0.717, 1.165) is 50.0 Å². The Kier molecular flexibility index (Phi) is 9.09. The van der Waals surface area contributed by atoms with Gasteiger partial charge in [0, 0.05) is 32.7 Å². The Hall–Kier alpha value is -2.03. The van der Waals surface area contributed by atoms with Crippen LogP contribution in [0.1, 0.15) is 16.6 Å². The van der Waals surface area contributed by atoms with Crippen molar-refractivity contribution < 1.29 is 19.0 Å². The number of hydrogen-bond acceptors (Lipinski definition) is 7. The molecule has 1 amide bonds. The van der Waals surface area contributed by atoms with Gasteiger partial charge in [-0.2, -0.15) is 0 Å². The second-order valence-electron chi connectivity index (χ2n) is 8.03. The monoisotopic (exact) mass is 488 g/mol. The zero-order chi connectivity index (χ0) is 22.9. The van der Waals surface area contributed by atoms with Crippen molar-refractivity contribution in [2.75, 3.05) is 64.6 Å². The first-order valence-electron chi connectivity index (χ1n) is 11.4. The highest BCUT2D eigenvalue weighted by atomic mass is 32.2. The van der Waals surface area contributed by atoms with E-state index >= 15 is 0 Å². The van der Waals surface area contributed by atoms with Gasteiger partial charge in [-0.05, 0) is 59.9 Å². The van der Waals surface area contributed by atoms with Gasteiger partial charge in [0.25, 0.3) is 5.91 Å². The number of carbonyl (C=O) groups is 1. The minimum absolute atomic E-state index is 0.0478. The maximum absolute atomic E-state index is 12.6. The second-order valence-corrected chi connectivity index (χ2v) is 10.8. The van der Waals surface area contributed by atoms with Crippen LogP contribution in [-0.2, 0) is 4.79 Å². The van der Waals surface area contributed by atoms with Crippen LogP contribution in [0.4, 0.5) is 0 Å². The summed E-state index contributed by atoms with van der Waals surface area (Å²) in [4.78, 5) is 16.8. The van der Waals surface area contributed by atoms with Crippen molar-refractivity contribution in [1.82, 2.24) is 9.80 Å². The molecule has 0 aliphatic carbocycles. The number of hydrogen-bond donors (Lipinski definition) is 0. The molecule has 2 aromatic carbocycles. The van der Waals surface area contributed by atoms with Gasteiger partial charge in [0.15, 0.2) is 6.61 Å². The number of nitrogens with zero attached hydrogens (tertiary/aromatic N) is 2. The van der Waals surface area contributed by atoms with Gasteiger partial charge >= 0.3 is 0 Å². The molecule has 2 fully saturated rings. The number of thioether (sulfide) groups is 2. The molecule has 0 N–H and O–H groups in total. The molecule has 2 aromatic rings. The van der Waals surface area contributed by atoms with Crippen LogP contribution in [0.3, 0.4) is 0 Å². The molecular weight excluding hydrogens is 456 g/mol. The summed E-state index contributed by atoms with van der Waals surface area (Å²) in [5.41, 5.74) is 1.33. The predicted octanol–water partition coefficient (Wildman–Crippen LogP) is 4.17. The average Bonchev–Trinajstić information content (AvgIpc) is 2.89. The zero-order valence-corrected chi connectivity index (χ0v) is 20.7. The molecule has 0 bridgehead atoms. The van der Waals surface area contributed by atoms with Gasteiger partial charge in [-0.25, -0.2) is 0 Å². The number of piperazine rings is 1. The van der Waals surface area contributed by atoms with Crippen LogP contribution in [0.5, 0.6) is 17.2 Å². The maximum atomic E-state index is 12.6. The first-order chi connectivity index (χ1) is 16.2. The van der Waals surface area contributed by atoms with Crippen LogP contribution in [-0.4, -0.2) is 80.3 Å². The lowest BCUT2D eigenvalue weighted by molar-refractivity contribution is -0.135. The highest BCUT2D eigenvalue weighted by molar-refractivity contribution is 8.16. The number of rotatable bonds is 9. The SMILES string of the molecule is COc1ccc(OCCN2CCN(C(=O)COc3ccc(C4SCCCS4)cc3)CC2)cc1. The predicted molar refractivity (Wildman–Crippen MR) is 136 cm³/mol. The minimum Gasteiger partial charge on any atom is -0.497 e. The quantitative estimate of drug-likeness (QED) is 0.525. The molecule has 0 radical (unpaired) electrons. The van der Waals surface area contributed by atoms with E-state index < -0.39 is 0 Å². The Morgan fingerprint density at radius 3 is 2.15 bits per heavy atom. The van der Waals surface area contributed by atoms with E-state index in [1.165, 1.54) is 23.5 Å². The van der Waals surface area contributed by atoms with Crippen LogP contribution in [0.15, 0.2) is 48.5 Å². The molecule has 2 aliphatic heterocycles. The lowest BCUT2D eigenvalue weighted by atomic mass is 10.2. The van der Waals surface area contributed by atoms with Crippen molar-refractivity contribution in [3.05, 3.63) is 54.1 Å². The third-order valence-corrected chi connectivity index (χ3v) is 8.82. The van der Waals surface area contributed by atoms with E-state index in [4.69, 9.17) is 14.2 Å². The number of ether oxygens (including phenoxy) is 3. The highest BCUT2D eigenvalue weighted by Gasteiger charge is 2.21. The number of amides is 1. The standard InChI is InChI=1S/C25H32N2O4S2/c1-29-21-7-9-22(10-8-21)30-16-15-26-11-13-27(14-12-26)24(28)19-31-23-5-3-20(4-6-23)25-32-17-2-18-33-25/h3-10,25H,2,11-19H2,1H3. The normalized spacial score (nSPS) is 17.5. The van der Waals surface area contributed by atoms with Crippen molar-refractivity contribution in [3.8, 4) is 17.2 Å². The zero-order valence-electron chi connectivity index (χ0n) is 19.1. The number of methoxy groups -OCH3 is 1. The lowest BCUT2D eigenvalue weighted by Crippen LogP contribution is -2.50. The average molecular weight is 489 g/mol. The van der Waals surface area contributed by atoms with Crippen LogP contribution in [0.25, 0.3) is 0 Å². The van der Waals surface area contributed by atoms with Gasteiger partial charge in [0.2, 0.25) is 0 Å². The molecule has 2 heterocycles. The summed E-state index contributed by atoms with van der Waals surface area (Å²) in [6.45, 7) is 4.70.